The Morgan fingerprint density at radius 1 is 1.12 bits per heavy atom. The van der Waals surface area contributed by atoms with Crippen LogP contribution in [0.25, 0.3) is 10.9 Å². The van der Waals surface area contributed by atoms with E-state index in [0.717, 1.165) is 42.4 Å². The summed E-state index contributed by atoms with van der Waals surface area (Å²) in [4.78, 5) is 4.15. The highest BCUT2D eigenvalue weighted by Crippen LogP contribution is 2.33. The minimum absolute atomic E-state index is 0.0157. The Hall–Kier alpha value is -2.18. The average molecular weight is 355 g/mol. The summed E-state index contributed by atoms with van der Waals surface area (Å²) < 4.78 is 27.5. The van der Waals surface area contributed by atoms with Gasteiger partial charge in [-0.15, -0.1) is 0 Å². The zero-order valence-corrected chi connectivity index (χ0v) is 14.7. The minimum atomic E-state index is -3.50. The first-order valence-electron chi connectivity index (χ1n) is 8.58. The van der Waals surface area contributed by atoms with Crippen LogP contribution in [0.4, 0.5) is 0 Å². The van der Waals surface area contributed by atoms with Crippen molar-refractivity contribution in [2.24, 2.45) is 0 Å². The summed E-state index contributed by atoms with van der Waals surface area (Å²) in [5, 5.41) is 4.36. The molecule has 5 nitrogen and oxygen atoms in total. The number of nitrogens with one attached hydrogen (secondary N) is 1. The molecule has 1 aliphatic rings. The van der Waals surface area contributed by atoms with E-state index >= 15 is 0 Å². The second-order valence-corrected chi connectivity index (χ2v) is 8.39. The van der Waals surface area contributed by atoms with Crippen molar-refractivity contribution in [3.05, 3.63) is 66.1 Å². The molecule has 25 heavy (non-hydrogen) atoms. The van der Waals surface area contributed by atoms with Gasteiger partial charge in [0.2, 0.25) is 10.0 Å². The summed E-state index contributed by atoms with van der Waals surface area (Å²) in [5.74, 6) is 0.373. The third kappa shape index (κ3) is 3.19. The van der Waals surface area contributed by atoms with E-state index in [-0.39, 0.29) is 5.75 Å². The van der Waals surface area contributed by atoms with Gasteiger partial charge < -0.3 is 5.32 Å². The van der Waals surface area contributed by atoms with Crippen LogP contribution in [0, 0.1) is 0 Å². The van der Waals surface area contributed by atoms with Gasteiger partial charge in [0, 0.05) is 17.8 Å². The standard InChI is InChI=1S/C19H21N3O2S/c23-25(24,14-15-4-2-1-3-5-15)22-13-18(16-6-9-20-10-7-16)17-8-11-21-12-19(17)22/h1-5,8,11-13,16,20H,6-7,9-10,14H2. The smallest absolute Gasteiger partial charge is 0.243 e. The molecule has 4 rings (SSSR count). The lowest BCUT2D eigenvalue weighted by Gasteiger charge is -2.22. The molecule has 130 valence electrons. The number of fused-ring (bicyclic) bond motifs is 1. The molecule has 3 heterocycles. The minimum Gasteiger partial charge on any atom is -0.317 e. The van der Waals surface area contributed by atoms with Crippen molar-refractivity contribution in [3.8, 4) is 0 Å². The highest BCUT2D eigenvalue weighted by Gasteiger charge is 2.24. The van der Waals surface area contributed by atoms with Crippen molar-refractivity contribution in [3.63, 3.8) is 0 Å². The predicted molar refractivity (Wildman–Crippen MR) is 99.0 cm³/mol. The van der Waals surface area contributed by atoms with Crippen LogP contribution >= 0.6 is 0 Å². The van der Waals surface area contributed by atoms with Gasteiger partial charge >= 0.3 is 0 Å². The average Bonchev–Trinajstić information content (AvgIpc) is 3.04. The molecule has 1 aliphatic heterocycles. The molecule has 0 spiro atoms. The van der Waals surface area contributed by atoms with Gasteiger partial charge in [0.1, 0.15) is 0 Å². The topological polar surface area (TPSA) is 64.0 Å². The van der Waals surface area contributed by atoms with Crippen molar-refractivity contribution >= 4 is 20.9 Å². The molecule has 1 saturated heterocycles. The summed E-state index contributed by atoms with van der Waals surface area (Å²) in [6.45, 7) is 1.94. The number of nitrogens with zero attached hydrogens (tertiary/aromatic N) is 2. The third-order valence-electron chi connectivity index (χ3n) is 4.88. The molecular formula is C19H21N3O2S. The predicted octanol–water partition coefficient (Wildman–Crippen LogP) is 2.88. The number of pyridine rings is 1. The number of benzene rings is 1. The van der Waals surface area contributed by atoms with Gasteiger partial charge in [0.05, 0.1) is 17.5 Å². The van der Waals surface area contributed by atoms with E-state index in [2.05, 4.69) is 10.3 Å². The molecule has 0 radical (unpaired) electrons. The summed E-state index contributed by atoms with van der Waals surface area (Å²) in [7, 11) is -3.50. The van der Waals surface area contributed by atoms with Crippen LogP contribution in [0.3, 0.4) is 0 Å². The van der Waals surface area contributed by atoms with Crippen molar-refractivity contribution in [2.45, 2.75) is 24.5 Å². The Bertz CT molecular complexity index is 974. The quantitative estimate of drug-likeness (QED) is 0.782. The Morgan fingerprint density at radius 3 is 2.64 bits per heavy atom. The van der Waals surface area contributed by atoms with Crippen LogP contribution in [0.5, 0.6) is 0 Å². The zero-order valence-electron chi connectivity index (χ0n) is 13.9. The van der Waals surface area contributed by atoms with E-state index in [1.807, 2.05) is 42.6 Å². The maximum absolute atomic E-state index is 13.0. The second kappa shape index (κ2) is 6.61. The highest BCUT2D eigenvalue weighted by atomic mass is 32.2. The van der Waals surface area contributed by atoms with E-state index in [9.17, 15) is 8.42 Å². The van der Waals surface area contributed by atoms with Crippen LogP contribution in [-0.4, -0.2) is 30.5 Å². The van der Waals surface area contributed by atoms with E-state index in [1.54, 1.807) is 12.4 Å². The Labute approximate surface area is 147 Å². The summed E-state index contributed by atoms with van der Waals surface area (Å²) in [6, 6.07) is 11.2. The SMILES string of the molecule is O=S(=O)(Cc1ccccc1)n1cc(C2CCNCC2)c2ccncc21. The fourth-order valence-corrected chi connectivity index (χ4v) is 5.09. The molecule has 0 amide bonds. The number of hydrogen-bond acceptors (Lipinski definition) is 4. The Morgan fingerprint density at radius 2 is 1.88 bits per heavy atom. The van der Waals surface area contributed by atoms with Gasteiger partial charge in [-0.25, -0.2) is 12.4 Å². The fourth-order valence-electron chi connectivity index (χ4n) is 3.61. The van der Waals surface area contributed by atoms with E-state index < -0.39 is 10.0 Å². The highest BCUT2D eigenvalue weighted by molar-refractivity contribution is 7.89. The van der Waals surface area contributed by atoms with E-state index in [0.29, 0.717) is 11.4 Å². The molecule has 1 aromatic carbocycles. The molecule has 0 unspecified atom stereocenters. The second-order valence-electron chi connectivity index (χ2n) is 6.54. The Balaban J connectivity index is 1.79. The molecule has 0 atom stereocenters. The zero-order chi connectivity index (χ0) is 17.3. The van der Waals surface area contributed by atoms with Crippen LogP contribution < -0.4 is 5.32 Å². The lowest BCUT2D eigenvalue weighted by molar-refractivity contribution is 0.462. The normalized spacial score (nSPS) is 16.3. The lowest BCUT2D eigenvalue weighted by Crippen LogP contribution is -2.26. The lowest BCUT2D eigenvalue weighted by atomic mass is 9.90. The first-order valence-corrected chi connectivity index (χ1v) is 10.2. The first-order chi connectivity index (χ1) is 12.1. The van der Waals surface area contributed by atoms with Crippen molar-refractivity contribution in [1.29, 1.82) is 0 Å². The molecule has 0 bridgehead atoms. The Kier molecular flexibility index (Phi) is 4.31. The van der Waals surface area contributed by atoms with E-state index in [4.69, 9.17) is 0 Å². The number of piperidine rings is 1. The van der Waals surface area contributed by atoms with E-state index in [1.165, 1.54) is 3.97 Å². The van der Waals surface area contributed by atoms with Gasteiger partial charge in [-0.1, -0.05) is 30.3 Å². The van der Waals surface area contributed by atoms with Gasteiger partial charge in [-0.3, -0.25) is 4.98 Å². The molecule has 1 N–H and O–H groups in total. The van der Waals surface area contributed by atoms with Crippen LogP contribution in [0.2, 0.25) is 0 Å². The maximum Gasteiger partial charge on any atom is 0.243 e. The van der Waals surface area contributed by atoms with Crippen LogP contribution in [-0.2, 0) is 15.8 Å². The number of hydrogen-bond donors (Lipinski definition) is 1. The van der Waals surface area contributed by atoms with Crippen molar-refractivity contribution in [1.82, 2.24) is 14.3 Å². The van der Waals surface area contributed by atoms with Gasteiger partial charge in [0.15, 0.2) is 0 Å². The van der Waals surface area contributed by atoms with Gasteiger partial charge in [-0.05, 0) is 49.0 Å². The largest absolute Gasteiger partial charge is 0.317 e. The summed E-state index contributed by atoms with van der Waals surface area (Å²) in [5.41, 5.74) is 2.58. The van der Waals surface area contributed by atoms with Crippen LogP contribution in [0.15, 0.2) is 55.0 Å². The maximum atomic E-state index is 13.0. The fraction of sp³-hybridized carbons (Fsp3) is 0.316. The van der Waals surface area contributed by atoms with Crippen molar-refractivity contribution in [2.75, 3.05) is 13.1 Å². The molecule has 3 aromatic rings. The van der Waals surface area contributed by atoms with Gasteiger partial charge in [0.25, 0.3) is 0 Å². The molecule has 2 aromatic heterocycles. The summed E-state index contributed by atoms with van der Waals surface area (Å²) in [6.07, 6.45) is 7.27. The third-order valence-corrected chi connectivity index (χ3v) is 6.47. The molecule has 0 saturated carbocycles. The number of aromatic nitrogens is 2. The molecule has 0 aliphatic carbocycles. The molecular weight excluding hydrogens is 334 g/mol. The van der Waals surface area contributed by atoms with Crippen LogP contribution in [0.1, 0.15) is 29.9 Å². The first kappa shape index (κ1) is 16.3. The van der Waals surface area contributed by atoms with Crippen molar-refractivity contribution < 1.29 is 8.42 Å². The molecule has 6 heteroatoms. The molecule has 1 fully saturated rings. The van der Waals surface area contributed by atoms with Gasteiger partial charge in [-0.2, -0.15) is 0 Å². The summed E-state index contributed by atoms with van der Waals surface area (Å²) >= 11 is 0. The monoisotopic (exact) mass is 355 g/mol. The number of rotatable bonds is 4.